The van der Waals surface area contributed by atoms with Crippen LogP contribution in [-0.4, -0.2) is 21.1 Å². The van der Waals surface area contributed by atoms with Crippen molar-refractivity contribution in [3.63, 3.8) is 0 Å². The highest BCUT2D eigenvalue weighted by Gasteiger charge is 2.28. The Labute approximate surface area is 145 Å². The zero-order valence-corrected chi connectivity index (χ0v) is 13.6. The van der Waals surface area contributed by atoms with Crippen LogP contribution in [0.5, 0.6) is 0 Å². The summed E-state index contributed by atoms with van der Waals surface area (Å²) in [6.07, 6.45) is 3.68. The van der Waals surface area contributed by atoms with E-state index in [1.807, 2.05) is 65.5 Å². The molecule has 0 unspecified atom stereocenters. The molecular weight excluding hydrogens is 316 g/mol. The molecule has 4 rings (SSSR count). The summed E-state index contributed by atoms with van der Waals surface area (Å²) in [6.45, 7) is 0.237. The second-order valence-electron chi connectivity index (χ2n) is 6.08. The Hall–Kier alpha value is -3.15. The number of nitrogens with zero attached hydrogens (tertiary/aromatic N) is 3. The predicted octanol–water partition coefficient (Wildman–Crippen LogP) is 3.89. The van der Waals surface area contributed by atoms with E-state index in [9.17, 15) is 4.79 Å². The fourth-order valence-corrected chi connectivity index (χ4v) is 2.69. The number of nitrogens with one attached hydrogen (secondary N) is 1. The minimum absolute atomic E-state index is 0.237. The van der Waals surface area contributed by atoms with Crippen molar-refractivity contribution in [2.75, 3.05) is 5.32 Å². The smallest absolute Gasteiger partial charge is 0.411 e. The highest BCUT2D eigenvalue weighted by molar-refractivity contribution is 5.85. The van der Waals surface area contributed by atoms with E-state index in [0.29, 0.717) is 11.6 Å². The molecule has 126 valence electrons. The summed E-state index contributed by atoms with van der Waals surface area (Å²) in [6, 6.07) is 17.1. The van der Waals surface area contributed by atoms with Gasteiger partial charge in [-0.1, -0.05) is 41.6 Å². The van der Waals surface area contributed by atoms with E-state index < -0.39 is 6.09 Å². The molecule has 3 aromatic rings. The Morgan fingerprint density at radius 3 is 2.80 bits per heavy atom. The lowest BCUT2D eigenvalue weighted by Gasteiger charge is -2.10. The van der Waals surface area contributed by atoms with Crippen molar-refractivity contribution in [3.05, 3.63) is 72.1 Å². The van der Waals surface area contributed by atoms with Crippen LogP contribution in [0.1, 0.15) is 30.0 Å². The summed E-state index contributed by atoms with van der Waals surface area (Å²) < 4.78 is 7.08. The van der Waals surface area contributed by atoms with Gasteiger partial charge in [0.25, 0.3) is 0 Å². The van der Waals surface area contributed by atoms with Gasteiger partial charge in [-0.05, 0) is 36.6 Å². The number of hydrogen-bond donors (Lipinski definition) is 1. The molecule has 1 aromatic heterocycles. The lowest BCUT2D eigenvalue weighted by atomic mass is 10.2. The van der Waals surface area contributed by atoms with Crippen molar-refractivity contribution in [1.82, 2.24) is 15.0 Å². The number of carbonyl (C=O) groups excluding carboxylic acids is 1. The fourth-order valence-electron chi connectivity index (χ4n) is 2.69. The first-order valence-electron chi connectivity index (χ1n) is 8.28. The van der Waals surface area contributed by atoms with E-state index in [1.54, 1.807) is 0 Å². The summed E-state index contributed by atoms with van der Waals surface area (Å²) in [5.74, 6) is 0.544. The van der Waals surface area contributed by atoms with E-state index >= 15 is 0 Å². The molecule has 1 aliphatic carbocycles. The molecule has 6 nitrogen and oxygen atoms in total. The van der Waals surface area contributed by atoms with Crippen LogP contribution in [0.4, 0.5) is 10.5 Å². The van der Waals surface area contributed by atoms with E-state index in [-0.39, 0.29) is 6.61 Å². The summed E-state index contributed by atoms with van der Waals surface area (Å²) in [5.41, 5.74) is 3.60. The summed E-state index contributed by atoms with van der Waals surface area (Å²) in [4.78, 5) is 12.0. The topological polar surface area (TPSA) is 69.0 Å². The fraction of sp³-hybridized carbons (Fsp3) is 0.211. The van der Waals surface area contributed by atoms with Crippen LogP contribution in [-0.2, 0) is 11.3 Å². The SMILES string of the molecule is O=C(Nc1cccc(-n2nncc2C2CC2)c1)OCc1ccccc1. The molecule has 1 heterocycles. The van der Waals surface area contributed by atoms with Crippen molar-refractivity contribution < 1.29 is 9.53 Å². The maximum absolute atomic E-state index is 12.0. The molecule has 1 N–H and O–H groups in total. The summed E-state index contributed by atoms with van der Waals surface area (Å²) in [7, 11) is 0. The average Bonchev–Trinajstić information content (AvgIpc) is 3.37. The number of ether oxygens (including phenoxy) is 1. The van der Waals surface area contributed by atoms with Gasteiger partial charge in [0.1, 0.15) is 6.61 Å². The molecule has 2 aromatic carbocycles. The lowest BCUT2D eigenvalue weighted by molar-refractivity contribution is 0.155. The molecular formula is C19H18N4O2. The van der Waals surface area contributed by atoms with Crippen LogP contribution in [0.3, 0.4) is 0 Å². The van der Waals surface area contributed by atoms with Gasteiger partial charge in [0.2, 0.25) is 0 Å². The third-order valence-corrected chi connectivity index (χ3v) is 4.12. The van der Waals surface area contributed by atoms with Gasteiger partial charge in [0.15, 0.2) is 0 Å². The second-order valence-corrected chi connectivity index (χ2v) is 6.08. The molecule has 0 saturated heterocycles. The Morgan fingerprint density at radius 2 is 2.00 bits per heavy atom. The third-order valence-electron chi connectivity index (χ3n) is 4.12. The highest BCUT2D eigenvalue weighted by Crippen LogP contribution is 2.40. The normalized spacial score (nSPS) is 13.4. The summed E-state index contributed by atoms with van der Waals surface area (Å²) in [5, 5.41) is 10.9. The first-order chi connectivity index (χ1) is 12.3. The van der Waals surface area contributed by atoms with Crippen LogP contribution in [0.2, 0.25) is 0 Å². The van der Waals surface area contributed by atoms with Gasteiger partial charge in [-0.2, -0.15) is 0 Å². The van der Waals surface area contributed by atoms with E-state index in [0.717, 1.165) is 16.9 Å². The standard InChI is InChI=1S/C19H18N4O2/c24-19(25-13-14-5-2-1-3-6-14)21-16-7-4-8-17(11-16)23-18(12-20-22-23)15-9-10-15/h1-8,11-12,15H,9-10,13H2,(H,21,24). The van der Waals surface area contributed by atoms with Crippen LogP contribution < -0.4 is 5.32 Å². The quantitative estimate of drug-likeness (QED) is 0.768. The Morgan fingerprint density at radius 1 is 1.16 bits per heavy atom. The molecule has 0 atom stereocenters. The molecule has 1 amide bonds. The van der Waals surface area contributed by atoms with Crippen LogP contribution in [0.25, 0.3) is 5.69 Å². The molecule has 0 bridgehead atoms. The average molecular weight is 334 g/mol. The van der Waals surface area contributed by atoms with Crippen molar-refractivity contribution >= 4 is 11.8 Å². The maximum atomic E-state index is 12.0. The zero-order valence-electron chi connectivity index (χ0n) is 13.6. The van der Waals surface area contributed by atoms with E-state index in [4.69, 9.17) is 4.74 Å². The maximum Gasteiger partial charge on any atom is 0.411 e. The van der Waals surface area contributed by atoms with Gasteiger partial charge in [-0.3, -0.25) is 5.32 Å². The van der Waals surface area contributed by atoms with E-state index in [1.165, 1.54) is 12.8 Å². The van der Waals surface area contributed by atoms with Crippen LogP contribution >= 0.6 is 0 Å². The third kappa shape index (κ3) is 3.68. The van der Waals surface area contributed by atoms with Gasteiger partial charge in [0, 0.05) is 11.6 Å². The van der Waals surface area contributed by atoms with Gasteiger partial charge < -0.3 is 4.74 Å². The lowest BCUT2D eigenvalue weighted by Crippen LogP contribution is -2.14. The van der Waals surface area contributed by atoms with E-state index in [2.05, 4.69) is 15.6 Å². The molecule has 1 fully saturated rings. The number of amides is 1. The molecule has 0 spiro atoms. The minimum Gasteiger partial charge on any atom is -0.444 e. The predicted molar refractivity (Wildman–Crippen MR) is 93.6 cm³/mol. The Balaban J connectivity index is 1.42. The summed E-state index contributed by atoms with van der Waals surface area (Å²) >= 11 is 0. The molecule has 0 radical (unpaired) electrons. The minimum atomic E-state index is -0.484. The van der Waals surface area contributed by atoms with Crippen molar-refractivity contribution in [2.24, 2.45) is 0 Å². The van der Waals surface area contributed by atoms with Gasteiger partial charge in [-0.25, -0.2) is 9.48 Å². The highest BCUT2D eigenvalue weighted by atomic mass is 16.5. The van der Waals surface area contributed by atoms with Crippen LogP contribution in [0, 0.1) is 0 Å². The first kappa shape index (κ1) is 15.4. The van der Waals surface area contributed by atoms with Gasteiger partial charge >= 0.3 is 6.09 Å². The van der Waals surface area contributed by atoms with Gasteiger partial charge in [0.05, 0.1) is 17.6 Å². The molecule has 25 heavy (non-hydrogen) atoms. The number of hydrogen-bond acceptors (Lipinski definition) is 4. The Kier molecular flexibility index (Phi) is 4.16. The van der Waals surface area contributed by atoms with Crippen molar-refractivity contribution in [3.8, 4) is 5.69 Å². The number of carbonyl (C=O) groups is 1. The van der Waals surface area contributed by atoms with Crippen LogP contribution in [0.15, 0.2) is 60.8 Å². The molecule has 1 saturated carbocycles. The number of rotatable bonds is 5. The van der Waals surface area contributed by atoms with Crippen molar-refractivity contribution in [2.45, 2.75) is 25.4 Å². The second kappa shape index (κ2) is 6.76. The van der Waals surface area contributed by atoms with Crippen molar-refractivity contribution in [1.29, 1.82) is 0 Å². The number of aromatic nitrogens is 3. The molecule has 0 aliphatic heterocycles. The largest absolute Gasteiger partial charge is 0.444 e. The van der Waals surface area contributed by atoms with Gasteiger partial charge in [-0.15, -0.1) is 5.10 Å². The number of benzene rings is 2. The number of anilines is 1. The monoisotopic (exact) mass is 334 g/mol. The molecule has 1 aliphatic rings. The Bertz CT molecular complexity index is 872. The first-order valence-corrected chi connectivity index (χ1v) is 8.28. The zero-order chi connectivity index (χ0) is 17.1. The molecule has 6 heteroatoms.